The third-order valence-corrected chi connectivity index (χ3v) is 1.69. The number of methoxy groups -OCH3 is 1. The van der Waals surface area contributed by atoms with Crippen molar-refractivity contribution in [3.05, 3.63) is 29.6 Å². The van der Waals surface area contributed by atoms with Gasteiger partial charge in [-0.3, -0.25) is 4.79 Å². The van der Waals surface area contributed by atoms with E-state index in [-0.39, 0.29) is 12.1 Å². The van der Waals surface area contributed by atoms with Crippen LogP contribution in [0, 0.1) is 17.7 Å². The lowest BCUT2D eigenvalue weighted by Crippen LogP contribution is -1.97. The molecule has 1 aromatic rings. The molecule has 1 aromatic carbocycles. The summed E-state index contributed by atoms with van der Waals surface area (Å²) in [5.41, 5.74) is 5.95. The van der Waals surface area contributed by atoms with E-state index in [1.165, 1.54) is 25.3 Å². The lowest BCUT2D eigenvalue weighted by molar-refractivity contribution is -0.139. The SMILES string of the molecule is COC(=O)CC#Cc1ccc(F)c(N)c1. The summed E-state index contributed by atoms with van der Waals surface area (Å²) in [6, 6.07) is 4.15. The Labute approximate surface area is 87.0 Å². The molecule has 4 heteroatoms. The molecular formula is C11H10FNO2. The van der Waals surface area contributed by atoms with Crippen LogP contribution in [0.15, 0.2) is 18.2 Å². The largest absolute Gasteiger partial charge is 0.468 e. The van der Waals surface area contributed by atoms with Crippen molar-refractivity contribution in [1.29, 1.82) is 0 Å². The zero-order chi connectivity index (χ0) is 11.3. The van der Waals surface area contributed by atoms with Crippen molar-refractivity contribution in [3.8, 4) is 11.8 Å². The molecule has 0 amide bonds. The van der Waals surface area contributed by atoms with Gasteiger partial charge in [-0.25, -0.2) is 4.39 Å². The van der Waals surface area contributed by atoms with E-state index in [2.05, 4.69) is 16.6 Å². The summed E-state index contributed by atoms with van der Waals surface area (Å²) in [6.45, 7) is 0. The number of nitrogens with two attached hydrogens (primary N) is 1. The first-order chi connectivity index (χ1) is 7.13. The number of hydrogen-bond donors (Lipinski definition) is 1. The highest BCUT2D eigenvalue weighted by Crippen LogP contribution is 2.10. The number of rotatable bonds is 1. The zero-order valence-corrected chi connectivity index (χ0v) is 8.21. The maximum Gasteiger partial charge on any atom is 0.317 e. The molecule has 1 rings (SSSR count). The van der Waals surface area contributed by atoms with Crippen molar-refractivity contribution in [2.24, 2.45) is 0 Å². The third-order valence-electron chi connectivity index (χ3n) is 1.69. The van der Waals surface area contributed by atoms with Crippen LogP contribution in [0.2, 0.25) is 0 Å². The molecule has 0 atom stereocenters. The molecule has 2 N–H and O–H groups in total. The second-order valence-corrected chi connectivity index (χ2v) is 2.79. The van der Waals surface area contributed by atoms with Gasteiger partial charge in [0.1, 0.15) is 12.2 Å². The van der Waals surface area contributed by atoms with Gasteiger partial charge in [-0.15, -0.1) is 0 Å². The summed E-state index contributed by atoms with van der Waals surface area (Å²) < 4.78 is 17.2. The Morgan fingerprint density at radius 3 is 2.93 bits per heavy atom. The van der Waals surface area contributed by atoms with Crippen molar-refractivity contribution < 1.29 is 13.9 Å². The molecular weight excluding hydrogens is 197 g/mol. The van der Waals surface area contributed by atoms with E-state index >= 15 is 0 Å². The lowest BCUT2D eigenvalue weighted by atomic mass is 10.2. The minimum absolute atomic E-state index is 0.00772. The molecule has 0 spiro atoms. The second-order valence-electron chi connectivity index (χ2n) is 2.79. The number of carbonyl (C=O) groups excluding carboxylic acids is 1. The summed E-state index contributed by atoms with van der Waals surface area (Å²) in [4.78, 5) is 10.7. The Kier molecular flexibility index (Phi) is 3.69. The second kappa shape index (κ2) is 5.01. The topological polar surface area (TPSA) is 52.3 Å². The summed E-state index contributed by atoms with van der Waals surface area (Å²) in [7, 11) is 1.29. The fraction of sp³-hybridized carbons (Fsp3) is 0.182. The Morgan fingerprint density at radius 1 is 1.60 bits per heavy atom. The van der Waals surface area contributed by atoms with Crippen LogP contribution in [-0.4, -0.2) is 13.1 Å². The Hall–Kier alpha value is -2.02. The van der Waals surface area contributed by atoms with E-state index in [0.29, 0.717) is 5.56 Å². The van der Waals surface area contributed by atoms with Gasteiger partial charge in [-0.2, -0.15) is 0 Å². The van der Waals surface area contributed by atoms with E-state index in [9.17, 15) is 9.18 Å². The molecule has 15 heavy (non-hydrogen) atoms. The monoisotopic (exact) mass is 207 g/mol. The van der Waals surface area contributed by atoms with Crippen molar-refractivity contribution in [2.45, 2.75) is 6.42 Å². The smallest absolute Gasteiger partial charge is 0.317 e. The number of nitrogen functional groups attached to an aromatic ring is 1. The fourth-order valence-corrected chi connectivity index (χ4v) is 0.912. The van der Waals surface area contributed by atoms with Gasteiger partial charge in [0.2, 0.25) is 0 Å². The number of halogens is 1. The molecule has 0 unspecified atom stereocenters. The maximum atomic E-state index is 12.8. The van der Waals surface area contributed by atoms with Crippen molar-refractivity contribution >= 4 is 11.7 Å². The average Bonchev–Trinajstić information content (AvgIpc) is 2.23. The van der Waals surface area contributed by atoms with Crippen molar-refractivity contribution in [3.63, 3.8) is 0 Å². The lowest BCUT2D eigenvalue weighted by Gasteiger charge is -1.95. The minimum Gasteiger partial charge on any atom is -0.468 e. The van der Waals surface area contributed by atoms with Crippen molar-refractivity contribution in [2.75, 3.05) is 12.8 Å². The van der Waals surface area contributed by atoms with Crippen LogP contribution in [0.25, 0.3) is 0 Å². The molecule has 0 fully saturated rings. The van der Waals surface area contributed by atoms with Gasteiger partial charge < -0.3 is 10.5 Å². The Balaban J connectivity index is 2.72. The molecule has 0 aliphatic rings. The van der Waals surface area contributed by atoms with Gasteiger partial charge >= 0.3 is 5.97 Å². The predicted octanol–water partition coefficient (Wildman–Crippen LogP) is 1.32. The van der Waals surface area contributed by atoms with Gasteiger partial charge in [-0.05, 0) is 18.2 Å². The van der Waals surface area contributed by atoms with Crippen LogP contribution < -0.4 is 5.73 Å². The first kappa shape index (κ1) is 11.1. The van der Waals surface area contributed by atoms with Gasteiger partial charge in [0, 0.05) is 5.56 Å². The first-order valence-corrected chi connectivity index (χ1v) is 4.24. The van der Waals surface area contributed by atoms with Crippen LogP contribution in [0.5, 0.6) is 0 Å². The van der Waals surface area contributed by atoms with E-state index in [0.717, 1.165) is 0 Å². The summed E-state index contributed by atoms with van der Waals surface area (Å²) in [5.74, 6) is 4.39. The number of anilines is 1. The molecule has 0 aliphatic carbocycles. The third kappa shape index (κ3) is 3.31. The summed E-state index contributed by atoms with van der Waals surface area (Å²) >= 11 is 0. The van der Waals surface area contributed by atoms with Gasteiger partial charge in [-0.1, -0.05) is 11.8 Å². The average molecular weight is 207 g/mol. The molecule has 0 saturated carbocycles. The highest BCUT2D eigenvalue weighted by molar-refractivity contribution is 5.72. The molecule has 0 bridgehead atoms. The van der Waals surface area contributed by atoms with Crippen LogP contribution in [0.1, 0.15) is 12.0 Å². The number of esters is 1. The van der Waals surface area contributed by atoms with Crippen LogP contribution in [-0.2, 0) is 9.53 Å². The molecule has 0 aromatic heterocycles. The summed E-state index contributed by atoms with van der Waals surface area (Å²) in [6.07, 6.45) is 0.00772. The molecule has 3 nitrogen and oxygen atoms in total. The first-order valence-electron chi connectivity index (χ1n) is 4.24. The van der Waals surface area contributed by atoms with Gasteiger partial charge in [0.05, 0.1) is 12.8 Å². The normalized spacial score (nSPS) is 8.93. The van der Waals surface area contributed by atoms with Gasteiger partial charge in [0.25, 0.3) is 0 Å². The van der Waals surface area contributed by atoms with Crippen LogP contribution in [0.4, 0.5) is 10.1 Å². The number of hydrogen-bond acceptors (Lipinski definition) is 3. The number of ether oxygens (including phenoxy) is 1. The number of benzene rings is 1. The summed E-state index contributed by atoms with van der Waals surface area (Å²) in [5, 5.41) is 0. The Bertz CT molecular complexity index is 432. The predicted molar refractivity (Wildman–Crippen MR) is 54.3 cm³/mol. The highest BCUT2D eigenvalue weighted by atomic mass is 19.1. The molecule has 0 aliphatic heterocycles. The Morgan fingerprint density at radius 2 is 2.33 bits per heavy atom. The number of carbonyl (C=O) groups is 1. The fourth-order valence-electron chi connectivity index (χ4n) is 0.912. The highest BCUT2D eigenvalue weighted by Gasteiger charge is 1.97. The van der Waals surface area contributed by atoms with Crippen LogP contribution >= 0.6 is 0 Å². The van der Waals surface area contributed by atoms with E-state index in [1.54, 1.807) is 0 Å². The minimum atomic E-state index is -0.478. The van der Waals surface area contributed by atoms with E-state index < -0.39 is 11.8 Å². The van der Waals surface area contributed by atoms with Gasteiger partial charge in [0.15, 0.2) is 0 Å². The molecule has 0 heterocycles. The van der Waals surface area contributed by atoms with Crippen LogP contribution in [0.3, 0.4) is 0 Å². The zero-order valence-electron chi connectivity index (χ0n) is 8.21. The standard InChI is InChI=1S/C11H10FNO2/c1-15-11(14)4-2-3-8-5-6-9(12)10(13)7-8/h5-7H,4,13H2,1H3. The van der Waals surface area contributed by atoms with E-state index in [1.807, 2.05) is 0 Å². The maximum absolute atomic E-state index is 12.8. The molecule has 0 saturated heterocycles. The van der Waals surface area contributed by atoms with E-state index in [4.69, 9.17) is 5.73 Å². The quantitative estimate of drug-likeness (QED) is 0.429. The van der Waals surface area contributed by atoms with Crippen molar-refractivity contribution in [1.82, 2.24) is 0 Å². The molecule has 78 valence electrons. The molecule has 0 radical (unpaired) electrons.